The van der Waals surface area contributed by atoms with Crippen molar-refractivity contribution in [2.45, 2.75) is 26.7 Å². The van der Waals surface area contributed by atoms with E-state index in [4.69, 9.17) is 5.11 Å². The number of carboxylic acids is 1. The molecule has 2 atom stereocenters. The summed E-state index contributed by atoms with van der Waals surface area (Å²) in [5.74, 6) is -0.360. The van der Waals surface area contributed by atoms with Gasteiger partial charge in [0.2, 0.25) is 0 Å². The molecule has 1 aliphatic rings. The summed E-state index contributed by atoms with van der Waals surface area (Å²) in [6.45, 7) is 6.92. The second kappa shape index (κ2) is 6.20. The van der Waals surface area contributed by atoms with E-state index in [1.807, 2.05) is 0 Å². The molecule has 0 aliphatic carbocycles. The Morgan fingerprint density at radius 1 is 1.32 bits per heavy atom. The highest BCUT2D eigenvalue weighted by Gasteiger charge is 2.28. The monoisotopic (exact) mass is 261 g/mol. The van der Waals surface area contributed by atoms with Gasteiger partial charge >= 0.3 is 5.97 Å². The number of piperidine rings is 1. The van der Waals surface area contributed by atoms with Crippen LogP contribution in [0.2, 0.25) is 0 Å². The highest BCUT2D eigenvalue weighted by Crippen LogP contribution is 2.22. The first-order valence-corrected chi connectivity index (χ1v) is 7.05. The largest absolute Gasteiger partial charge is 0.481 e. The topological polar surface area (TPSA) is 40.5 Å². The summed E-state index contributed by atoms with van der Waals surface area (Å²) in [6.07, 6.45) is 1.82. The Kier molecular flexibility index (Phi) is 4.59. The molecule has 1 aromatic rings. The average molecular weight is 261 g/mol. The second-order valence-corrected chi connectivity index (χ2v) is 5.87. The Balaban J connectivity index is 1.88. The van der Waals surface area contributed by atoms with E-state index in [2.05, 4.69) is 43.0 Å². The predicted octanol–water partition coefficient (Wildman–Crippen LogP) is 2.58. The Bertz CT molecular complexity index is 427. The van der Waals surface area contributed by atoms with E-state index >= 15 is 0 Å². The maximum atomic E-state index is 11.1. The predicted molar refractivity (Wildman–Crippen MR) is 76.2 cm³/mol. The van der Waals surface area contributed by atoms with Gasteiger partial charge in [-0.1, -0.05) is 36.8 Å². The van der Waals surface area contributed by atoms with Gasteiger partial charge in [0.15, 0.2) is 0 Å². The molecular weight excluding hydrogens is 238 g/mol. The zero-order valence-corrected chi connectivity index (χ0v) is 11.8. The summed E-state index contributed by atoms with van der Waals surface area (Å²) in [6, 6.07) is 8.59. The van der Waals surface area contributed by atoms with Gasteiger partial charge in [-0.05, 0) is 31.2 Å². The van der Waals surface area contributed by atoms with Crippen molar-refractivity contribution < 1.29 is 9.90 Å². The number of hydrogen-bond acceptors (Lipinski definition) is 2. The third kappa shape index (κ3) is 4.06. The van der Waals surface area contributed by atoms with E-state index < -0.39 is 5.97 Å². The van der Waals surface area contributed by atoms with Crippen molar-refractivity contribution in [2.75, 3.05) is 19.6 Å². The number of aliphatic carboxylic acids is 1. The highest BCUT2D eigenvalue weighted by atomic mass is 16.4. The minimum Gasteiger partial charge on any atom is -0.481 e. The van der Waals surface area contributed by atoms with E-state index in [0.29, 0.717) is 12.5 Å². The fraction of sp³-hybridized carbons (Fsp3) is 0.562. The van der Waals surface area contributed by atoms with Crippen molar-refractivity contribution in [3.05, 3.63) is 35.4 Å². The lowest BCUT2D eigenvalue weighted by molar-refractivity contribution is -0.144. The van der Waals surface area contributed by atoms with Crippen LogP contribution in [0, 0.1) is 18.8 Å². The molecule has 1 fully saturated rings. The zero-order chi connectivity index (χ0) is 13.8. The number of nitrogens with zero attached hydrogens (tertiary/aromatic N) is 1. The van der Waals surface area contributed by atoms with Crippen LogP contribution in [-0.2, 0) is 11.2 Å². The molecule has 1 N–H and O–H groups in total. The van der Waals surface area contributed by atoms with Crippen LogP contribution in [0.4, 0.5) is 0 Å². The Labute approximate surface area is 115 Å². The van der Waals surface area contributed by atoms with Gasteiger partial charge < -0.3 is 10.0 Å². The van der Waals surface area contributed by atoms with Crippen molar-refractivity contribution in [2.24, 2.45) is 11.8 Å². The Hall–Kier alpha value is -1.35. The van der Waals surface area contributed by atoms with Gasteiger partial charge in [-0.25, -0.2) is 0 Å². The molecule has 0 spiro atoms. The molecule has 1 heterocycles. The molecule has 0 saturated carbocycles. The summed E-state index contributed by atoms with van der Waals surface area (Å²) in [4.78, 5) is 13.4. The minimum absolute atomic E-state index is 0.193. The van der Waals surface area contributed by atoms with E-state index in [1.165, 1.54) is 11.1 Å². The summed E-state index contributed by atoms with van der Waals surface area (Å²) < 4.78 is 0. The highest BCUT2D eigenvalue weighted by molar-refractivity contribution is 5.70. The Morgan fingerprint density at radius 3 is 2.63 bits per heavy atom. The first-order chi connectivity index (χ1) is 9.04. The molecule has 1 saturated heterocycles. The van der Waals surface area contributed by atoms with Crippen LogP contribution in [0.15, 0.2) is 24.3 Å². The molecule has 2 unspecified atom stereocenters. The molecule has 3 heteroatoms. The van der Waals surface area contributed by atoms with Crippen molar-refractivity contribution in [3.63, 3.8) is 0 Å². The first kappa shape index (κ1) is 14.1. The number of benzene rings is 1. The van der Waals surface area contributed by atoms with Gasteiger partial charge in [0.25, 0.3) is 0 Å². The van der Waals surface area contributed by atoms with Gasteiger partial charge in [0.1, 0.15) is 0 Å². The lowest BCUT2D eigenvalue weighted by Crippen LogP contribution is -2.43. The standard InChI is InChI=1S/C16H23NO2/c1-12-3-5-14(6-4-12)7-8-17-10-13(2)9-15(11-17)16(18)19/h3-6,13,15H,7-11H2,1-2H3,(H,18,19). The number of hydrogen-bond donors (Lipinski definition) is 1. The lowest BCUT2D eigenvalue weighted by atomic mass is 9.90. The normalized spacial score (nSPS) is 24.3. The molecule has 104 valence electrons. The summed E-state index contributed by atoms with van der Waals surface area (Å²) in [5.41, 5.74) is 2.61. The molecule has 0 aromatic heterocycles. The molecule has 1 aromatic carbocycles. The van der Waals surface area contributed by atoms with Crippen LogP contribution in [0.1, 0.15) is 24.5 Å². The van der Waals surface area contributed by atoms with Crippen molar-refractivity contribution in [1.29, 1.82) is 0 Å². The van der Waals surface area contributed by atoms with Crippen LogP contribution in [0.3, 0.4) is 0 Å². The SMILES string of the molecule is Cc1ccc(CCN2CC(C)CC(C(=O)O)C2)cc1. The number of carboxylic acid groups (broad SMARTS) is 1. The maximum absolute atomic E-state index is 11.1. The average Bonchev–Trinajstić information content (AvgIpc) is 2.37. The molecule has 1 aliphatic heterocycles. The van der Waals surface area contributed by atoms with Crippen LogP contribution in [-0.4, -0.2) is 35.6 Å². The van der Waals surface area contributed by atoms with E-state index in [0.717, 1.165) is 25.9 Å². The van der Waals surface area contributed by atoms with E-state index in [1.54, 1.807) is 0 Å². The van der Waals surface area contributed by atoms with Gasteiger partial charge in [0, 0.05) is 19.6 Å². The minimum atomic E-state index is -0.646. The smallest absolute Gasteiger partial charge is 0.307 e. The number of carbonyl (C=O) groups is 1. The molecular formula is C16H23NO2. The summed E-state index contributed by atoms with van der Waals surface area (Å²) >= 11 is 0. The lowest BCUT2D eigenvalue weighted by Gasteiger charge is -2.34. The van der Waals surface area contributed by atoms with Crippen LogP contribution in [0.5, 0.6) is 0 Å². The fourth-order valence-electron chi connectivity index (χ4n) is 2.87. The fourth-order valence-corrected chi connectivity index (χ4v) is 2.87. The molecule has 2 rings (SSSR count). The number of rotatable bonds is 4. The second-order valence-electron chi connectivity index (χ2n) is 5.87. The summed E-state index contributed by atoms with van der Waals surface area (Å²) in [7, 11) is 0. The summed E-state index contributed by atoms with van der Waals surface area (Å²) in [5, 5.41) is 9.16. The van der Waals surface area contributed by atoms with Gasteiger partial charge in [-0.3, -0.25) is 4.79 Å². The quantitative estimate of drug-likeness (QED) is 0.905. The van der Waals surface area contributed by atoms with Crippen LogP contribution in [0.25, 0.3) is 0 Å². The van der Waals surface area contributed by atoms with Crippen molar-refractivity contribution in [3.8, 4) is 0 Å². The van der Waals surface area contributed by atoms with Crippen molar-refractivity contribution in [1.82, 2.24) is 4.90 Å². The van der Waals surface area contributed by atoms with Crippen molar-refractivity contribution >= 4 is 5.97 Å². The molecule has 0 amide bonds. The first-order valence-electron chi connectivity index (χ1n) is 7.05. The molecule has 19 heavy (non-hydrogen) atoms. The maximum Gasteiger partial charge on any atom is 0.307 e. The van der Waals surface area contributed by atoms with Gasteiger partial charge in [-0.2, -0.15) is 0 Å². The van der Waals surface area contributed by atoms with Gasteiger partial charge in [-0.15, -0.1) is 0 Å². The molecule has 0 bridgehead atoms. The van der Waals surface area contributed by atoms with E-state index in [9.17, 15) is 4.79 Å². The van der Waals surface area contributed by atoms with E-state index in [-0.39, 0.29) is 5.92 Å². The molecule has 3 nitrogen and oxygen atoms in total. The third-order valence-electron chi connectivity index (χ3n) is 3.92. The van der Waals surface area contributed by atoms with Crippen LogP contribution >= 0.6 is 0 Å². The number of aryl methyl sites for hydroxylation is 1. The van der Waals surface area contributed by atoms with Crippen LogP contribution < -0.4 is 0 Å². The number of likely N-dealkylation sites (tertiary alicyclic amines) is 1. The Morgan fingerprint density at radius 2 is 2.00 bits per heavy atom. The molecule has 0 radical (unpaired) electrons. The zero-order valence-electron chi connectivity index (χ0n) is 11.8. The third-order valence-corrected chi connectivity index (χ3v) is 3.92. The van der Waals surface area contributed by atoms with Gasteiger partial charge in [0.05, 0.1) is 5.92 Å².